The standard InChI is InChI=1S/C12H13NOS/c1-9-11(7-8-15)13-12(14-9)10-5-3-2-4-6-10/h2-6,15H,7-8H2,1H3. The molecule has 2 aromatic rings. The van der Waals surface area contributed by atoms with Crippen LogP contribution in [0.5, 0.6) is 0 Å². The van der Waals surface area contributed by atoms with Crippen molar-refractivity contribution in [3.05, 3.63) is 41.8 Å². The van der Waals surface area contributed by atoms with Gasteiger partial charge in [0.05, 0.1) is 5.69 Å². The van der Waals surface area contributed by atoms with Crippen LogP contribution in [0.15, 0.2) is 34.7 Å². The summed E-state index contributed by atoms with van der Waals surface area (Å²) in [4.78, 5) is 4.45. The maximum absolute atomic E-state index is 5.61. The maximum atomic E-state index is 5.61. The molecule has 0 radical (unpaired) electrons. The normalized spacial score (nSPS) is 10.5. The van der Waals surface area contributed by atoms with E-state index in [9.17, 15) is 0 Å². The van der Waals surface area contributed by atoms with Gasteiger partial charge in [-0.05, 0) is 24.8 Å². The van der Waals surface area contributed by atoms with E-state index in [-0.39, 0.29) is 0 Å². The second-order valence-electron chi connectivity index (χ2n) is 3.36. The Labute approximate surface area is 94.8 Å². The predicted octanol–water partition coefficient (Wildman–Crippen LogP) is 3.12. The van der Waals surface area contributed by atoms with Gasteiger partial charge in [0, 0.05) is 12.0 Å². The number of aromatic nitrogens is 1. The molecule has 0 saturated carbocycles. The average molecular weight is 219 g/mol. The molecular weight excluding hydrogens is 206 g/mol. The van der Waals surface area contributed by atoms with Gasteiger partial charge in [0.1, 0.15) is 5.76 Å². The molecule has 0 unspecified atom stereocenters. The number of hydrogen-bond donors (Lipinski definition) is 1. The fraction of sp³-hybridized carbons (Fsp3) is 0.250. The van der Waals surface area contributed by atoms with Crippen molar-refractivity contribution in [2.24, 2.45) is 0 Å². The third kappa shape index (κ3) is 2.23. The zero-order chi connectivity index (χ0) is 10.7. The van der Waals surface area contributed by atoms with Crippen molar-refractivity contribution < 1.29 is 4.42 Å². The van der Waals surface area contributed by atoms with Gasteiger partial charge in [-0.15, -0.1) is 0 Å². The van der Waals surface area contributed by atoms with Gasteiger partial charge < -0.3 is 4.42 Å². The van der Waals surface area contributed by atoms with Crippen molar-refractivity contribution in [1.29, 1.82) is 0 Å². The van der Waals surface area contributed by atoms with E-state index in [0.29, 0.717) is 5.89 Å². The summed E-state index contributed by atoms with van der Waals surface area (Å²) in [7, 11) is 0. The number of hydrogen-bond acceptors (Lipinski definition) is 3. The molecule has 0 atom stereocenters. The zero-order valence-corrected chi connectivity index (χ0v) is 9.50. The fourth-order valence-electron chi connectivity index (χ4n) is 1.47. The van der Waals surface area contributed by atoms with E-state index in [1.165, 1.54) is 0 Å². The first-order chi connectivity index (χ1) is 7.31. The van der Waals surface area contributed by atoms with E-state index >= 15 is 0 Å². The number of nitrogens with zero attached hydrogens (tertiary/aromatic N) is 1. The van der Waals surface area contributed by atoms with E-state index in [4.69, 9.17) is 4.42 Å². The van der Waals surface area contributed by atoms with Crippen molar-refractivity contribution in [2.75, 3.05) is 5.75 Å². The second kappa shape index (κ2) is 4.53. The largest absolute Gasteiger partial charge is 0.441 e. The maximum Gasteiger partial charge on any atom is 0.226 e. The van der Waals surface area contributed by atoms with Crippen LogP contribution in [0.1, 0.15) is 11.5 Å². The van der Waals surface area contributed by atoms with Crippen molar-refractivity contribution in [2.45, 2.75) is 13.3 Å². The van der Waals surface area contributed by atoms with E-state index in [1.54, 1.807) is 0 Å². The molecule has 1 aromatic carbocycles. The first-order valence-electron chi connectivity index (χ1n) is 4.94. The van der Waals surface area contributed by atoms with Crippen LogP contribution in [0.3, 0.4) is 0 Å². The summed E-state index contributed by atoms with van der Waals surface area (Å²) in [6.45, 7) is 1.94. The second-order valence-corrected chi connectivity index (χ2v) is 3.81. The molecular formula is C12H13NOS. The zero-order valence-electron chi connectivity index (χ0n) is 8.60. The molecule has 1 heterocycles. The molecule has 0 aliphatic heterocycles. The molecule has 0 amide bonds. The Morgan fingerprint density at radius 3 is 2.67 bits per heavy atom. The molecule has 0 fully saturated rings. The number of rotatable bonds is 3. The van der Waals surface area contributed by atoms with Gasteiger partial charge in [0.25, 0.3) is 0 Å². The van der Waals surface area contributed by atoms with Gasteiger partial charge in [-0.25, -0.2) is 4.98 Å². The molecule has 0 saturated heterocycles. The average Bonchev–Trinajstić information content (AvgIpc) is 2.63. The van der Waals surface area contributed by atoms with Crippen molar-refractivity contribution in [3.63, 3.8) is 0 Å². The van der Waals surface area contributed by atoms with Crippen molar-refractivity contribution >= 4 is 12.6 Å². The number of thiol groups is 1. The van der Waals surface area contributed by atoms with Gasteiger partial charge in [0.2, 0.25) is 5.89 Å². The van der Waals surface area contributed by atoms with Crippen LogP contribution >= 0.6 is 12.6 Å². The Morgan fingerprint density at radius 1 is 1.27 bits per heavy atom. The highest BCUT2D eigenvalue weighted by atomic mass is 32.1. The van der Waals surface area contributed by atoms with E-state index in [0.717, 1.165) is 29.2 Å². The first-order valence-corrected chi connectivity index (χ1v) is 5.57. The van der Waals surface area contributed by atoms with E-state index in [2.05, 4.69) is 17.6 Å². The smallest absolute Gasteiger partial charge is 0.226 e. The highest BCUT2D eigenvalue weighted by Crippen LogP contribution is 2.21. The summed E-state index contributed by atoms with van der Waals surface area (Å²) in [6, 6.07) is 9.93. The number of oxazole rings is 1. The molecule has 2 nitrogen and oxygen atoms in total. The van der Waals surface area contributed by atoms with Crippen LogP contribution in [-0.4, -0.2) is 10.7 Å². The highest BCUT2D eigenvalue weighted by molar-refractivity contribution is 7.80. The van der Waals surface area contributed by atoms with Gasteiger partial charge in [-0.3, -0.25) is 0 Å². The molecule has 3 heteroatoms. The van der Waals surface area contributed by atoms with Gasteiger partial charge in [-0.2, -0.15) is 12.6 Å². The summed E-state index contributed by atoms with van der Waals surface area (Å²) >= 11 is 4.19. The molecule has 0 aliphatic carbocycles. The lowest BCUT2D eigenvalue weighted by Crippen LogP contribution is -1.88. The molecule has 0 N–H and O–H groups in total. The molecule has 0 bridgehead atoms. The lowest BCUT2D eigenvalue weighted by atomic mass is 10.2. The van der Waals surface area contributed by atoms with Crippen LogP contribution in [0.25, 0.3) is 11.5 Å². The Balaban J connectivity index is 2.34. The van der Waals surface area contributed by atoms with Gasteiger partial charge in [0.15, 0.2) is 0 Å². The monoisotopic (exact) mass is 219 g/mol. The Morgan fingerprint density at radius 2 is 2.00 bits per heavy atom. The van der Waals surface area contributed by atoms with Crippen LogP contribution in [0, 0.1) is 6.92 Å². The lowest BCUT2D eigenvalue weighted by Gasteiger charge is -1.92. The van der Waals surface area contributed by atoms with Crippen LogP contribution in [0.4, 0.5) is 0 Å². The first kappa shape index (κ1) is 10.3. The van der Waals surface area contributed by atoms with E-state index < -0.39 is 0 Å². The molecule has 15 heavy (non-hydrogen) atoms. The Kier molecular flexibility index (Phi) is 3.11. The van der Waals surface area contributed by atoms with Crippen LogP contribution in [0.2, 0.25) is 0 Å². The summed E-state index contributed by atoms with van der Waals surface area (Å²) in [5, 5.41) is 0. The molecule has 1 aromatic heterocycles. The molecule has 0 aliphatic rings. The summed E-state index contributed by atoms with van der Waals surface area (Å²) in [5.41, 5.74) is 2.02. The Hall–Kier alpha value is -1.22. The quantitative estimate of drug-likeness (QED) is 0.803. The van der Waals surface area contributed by atoms with Gasteiger partial charge >= 0.3 is 0 Å². The molecule has 78 valence electrons. The molecule has 0 spiro atoms. The fourth-order valence-corrected chi connectivity index (χ4v) is 1.68. The summed E-state index contributed by atoms with van der Waals surface area (Å²) in [6.07, 6.45) is 0.852. The topological polar surface area (TPSA) is 26.0 Å². The SMILES string of the molecule is Cc1oc(-c2ccccc2)nc1CCS. The minimum absolute atomic E-state index is 0.699. The highest BCUT2D eigenvalue weighted by Gasteiger charge is 2.09. The third-order valence-corrected chi connectivity index (χ3v) is 2.49. The summed E-state index contributed by atoms with van der Waals surface area (Å²) < 4.78 is 5.61. The van der Waals surface area contributed by atoms with Gasteiger partial charge in [-0.1, -0.05) is 18.2 Å². The summed E-state index contributed by atoms with van der Waals surface area (Å²) in [5.74, 6) is 2.38. The molecule has 2 rings (SSSR count). The van der Waals surface area contributed by atoms with Crippen LogP contribution in [-0.2, 0) is 6.42 Å². The number of aryl methyl sites for hydroxylation is 2. The predicted molar refractivity (Wildman–Crippen MR) is 64.2 cm³/mol. The number of benzene rings is 1. The minimum atomic E-state index is 0.699. The lowest BCUT2D eigenvalue weighted by molar-refractivity contribution is 0.540. The van der Waals surface area contributed by atoms with Crippen LogP contribution < -0.4 is 0 Å². The van der Waals surface area contributed by atoms with E-state index in [1.807, 2.05) is 37.3 Å². The van der Waals surface area contributed by atoms with Crippen molar-refractivity contribution in [3.8, 4) is 11.5 Å². The Bertz CT molecular complexity index is 436. The third-order valence-electron chi connectivity index (χ3n) is 2.26. The van der Waals surface area contributed by atoms with Crippen molar-refractivity contribution in [1.82, 2.24) is 4.98 Å². The minimum Gasteiger partial charge on any atom is -0.441 e.